The zero-order chi connectivity index (χ0) is 14.5. The van der Waals surface area contributed by atoms with Crippen molar-refractivity contribution < 1.29 is 14.8 Å². The van der Waals surface area contributed by atoms with Crippen LogP contribution >= 0.6 is 11.3 Å². The van der Waals surface area contributed by atoms with Crippen molar-refractivity contribution >= 4 is 22.2 Å². The highest BCUT2D eigenvalue weighted by Gasteiger charge is 2.24. The summed E-state index contributed by atoms with van der Waals surface area (Å²) in [5.74, 6) is -0.134. The third kappa shape index (κ3) is 3.53. The molecule has 20 heavy (non-hydrogen) atoms. The predicted octanol–water partition coefficient (Wildman–Crippen LogP) is 0.796. The molecule has 1 saturated heterocycles. The van der Waals surface area contributed by atoms with Gasteiger partial charge in [0, 0.05) is 45.4 Å². The number of hydrogen-bond donors (Lipinski definition) is 1. The Labute approximate surface area is 120 Å². The van der Waals surface area contributed by atoms with E-state index in [1.807, 2.05) is 0 Å². The summed E-state index contributed by atoms with van der Waals surface area (Å²) in [6.45, 7) is 3.81. The SMILES string of the molecule is O=C(c1ccc([N+](=O)[O-])s1)N1CCN(CCCO)CC1. The Kier molecular flexibility index (Phi) is 5.05. The Morgan fingerprint density at radius 1 is 1.35 bits per heavy atom. The van der Waals surface area contributed by atoms with Crippen LogP contribution in [0.1, 0.15) is 16.1 Å². The Bertz CT molecular complexity index is 483. The molecule has 1 fully saturated rings. The van der Waals surface area contributed by atoms with Gasteiger partial charge in [0.25, 0.3) is 5.91 Å². The van der Waals surface area contributed by atoms with Crippen LogP contribution in [0.4, 0.5) is 5.00 Å². The molecule has 1 aliphatic heterocycles. The lowest BCUT2D eigenvalue weighted by atomic mass is 10.2. The topological polar surface area (TPSA) is 86.9 Å². The Morgan fingerprint density at radius 3 is 2.60 bits per heavy atom. The van der Waals surface area contributed by atoms with Gasteiger partial charge in [-0.2, -0.15) is 0 Å². The summed E-state index contributed by atoms with van der Waals surface area (Å²) in [6.07, 6.45) is 0.741. The van der Waals surface area contributed by atoms with Crippen molar-refractivity contribution in [1.29, 1.82) is 0 Å². The number of piperazine rings is 1. The molecule has 0 bridgehead atoms. The van der Waals surface area contributed by atoms with E-state index < -0.39 is 4.92 Å². The Hall–Kier alpha value is -1.51. The minimum atomic E-state index is -0.478. The maximum atomic E-state index is 12.2. The molecule has 1 aromatic rings. The number of nitrogens with zero attached hydrogens (tertiary/aromatic N) is 3. The van der Waals surface area contributed by atoms with E-state index in [1.54, 1.807) is 4.90 Å². The standard InChI is InChI=1S/C12H17N3O4S/c16-9-1-4-13-5-7-14(8-6-13)12(17)10-2-3-11(20-10)15(18)19/h2-3,16H,1,4-9H2. The van der Waals surface area contributed by atoms with Crippen molar-refractivity contribution in [2.45, 2.75) is 6.42 Å². The number of nitro groups is 1. The van der Waals surface area contributed by atoms with Crippen LogP contribution in [0.25, 0.3) is 0 Å². The lowest BCUT2D eigenvalue weighted by Crippen LogP contribution is -2.48. The third-order valence-corrected chi connectivity index (χ3v) is 4.30. The third-order valence-electron chi connectivity index (χ3n) is 3.27. The molecule has 0 unspecified atom stereocenters. The van der Waals surface area contributed by atoms with Crippen LogP contribution in [0.2, 0.25) is 0 Å². The summed E-state index contributed by atoms with van der Waals surface area (Å²) in [5, 5.41) is 19.4. The fraction of sp³-hybridized carbons (Fsp3) is 0.583. The van der Waals surface area contributed by atoms with Crippen molar-refractivity contribution in [3.05, 3.63) is 27.1 Å². The van der Waals surface area contributed by atoms with E-state index in [-0.39, 0.29) is 17.5 Å². The van der Waals surface area contributed by atoms with Gasteiger partial charge in [0.1, 0.15) is 0 Å². The number of carbonyl (C=O) groups is 1. The molecule has 1 aliphatic rings. The highest BCUT2D eigenvalue weighted by molar-refractivity contribution is 7.17. The van der Waals surface area contributed by atoms with Gasteiger partial charge in [-0.1, -0.05) is 11.3 Å². The first-order valence-electron chi connectivity index (χ1n) is 6.48. The first-order valence-corrected chi connectivity index (χ1v) is 7.30. The summed E-state index contributed by atoms with van der Waals surface area (Å²) in [7, 11) is 0. The quantitative estimate of drug-likeness (QED) is 0.642. The molecule has 8 heteroatoms. The molecule has 1 amide bonds. The highest BCUT2D eigenvalue weighted by Crippen LogP contribution is 2.25. The van der Waals surface area contributed by atoms with Gasteiger partial charge >= 0.3 is 5.00 Å². The zero-order valence-electron chi connectivity index (χ0n) is 11.0. The number of aliphatic hydroxyl groups excluding tert-OH is 1. The van der Waals surface area contributed by atoms with E-state index >= 15 is 0 Å². The maximum Gasteiger partial charge on any atom is 0.324 e. The van der Waals surface area contributed by atoms with Crippen molar-refractivity contribution in [2.24, 2.45) is 0 Å². The van der Waals surface area contributed by atoms with Crippen LogP contribution in [0.15, 0.2) is 12.1 Å². The van der Waals surface area contributed by atoms with E-state index in [0.29, 0.717) is 18.0 Å². The molecule has 0 aliphatic carbocycles. The van der Waals surface area contributed by atoms with Gasteiger partial charge in [0.15, 0.2) is 0 Å². The largest absolute Gasteiger partial charge is 0.396 e. The van der Waals surface area contributed by atoms with Gasteiger partial charge in [-0.05, 0) is 12.5 Å². The van der Waals surface area contributed by atoms with Crippen LogP contribution in [-0.4, -0.2) is 65.1 Å². The van der Waals surface area contributed by atoms with Gasteiger partial charge in [-0.15, -0.1) is 0 Å². The monoisotopic (exact) mass is 299 g/mol. The number of carbonyl (C=O) groups excluding carboxylic acids is 1. The van der Waals surface area contributed by atoms with E-state index in [2.05, 4.69) is 4.90 Å². The summed E-state index contributed by atoms with van der Waals surface area (Å²) >= 11 is 0.920. The first kappa shape index (κ1) is 14.9. The first-order chi connectivity index (χ1) is 9.61. The van der Waals surface area contributed by atoms with E-state index in [4.69, 9.17) is 5.11 Å². The molecule has 1 N–H and O–H groups in total. The van der Waals surface area contributed by atoms with Gasteiger partial charge in [-0.3, -0.25) is 19.8 Å². The summed E-state index contributed by atoms with van der Waals surface area (Å²) in [4.78, 5) is 26.7. The smallest absolute Gasteiger partial charge is 0.324 e. The van der Waals surface area contributed by atoms with Gasteiger partial charge in [0.2, 0.25) is 0 Å². The second kappa shape index (κ2) is 6.78. The predicted molar refractivity (Wildman–Crippen MR) is 75.0 cm³/mol. The number of aliphatic hydroxyl groups is 1. The van der Waals surface area contributed by atoms with Crippen LogP contribution in [0, 0.1) is 10.1 Å². The van der Waals surface area contributed by atoms with Gasteiger partial charge in [0.05, 0.1) is 9.80 Å². The van der Waals surface area contributed by atoms with Crippen LogP contribution in [0.5, 0.6) is 0 Å². The molecular formula is C12H17N3O4S. The second-order valence-electron chi connectivity index (χ2n) is 4.61. The fourth-order valence-corrected chi connectivity index (χ4v) is 2.95. The molecule has 0 radical (unpaired) electrons. The minimum absolute atomic E-state index is 0.00469. The molecule has 0 atom stereocenters. The van der Waals surface area contributed by atoms with Crippen molar-refractivity contribution in [1.82, 2.24) is 9.80 Å². The molecule has 0 spiro atoms. The number of amides is 1. The van der Waals surface area contributed by atoms with Crippen LogP contribution < -0.4 is 0 Å². The molecular weight excluding hydrogens is 282 g/mol. The number of hydrogen-bond acceptors (Lipinski definition) is 6. The molecule has 2 rings (SSSR count). The molecule has 110 valence electrons. The van der Waals surface area contributed by atoms with Gasteiger partial charge in [-0.25, -0.2) is 0 Å². The summed E-state index contributed by atoms with van der Waals surface area (Å²) in [5.41, 5.74) is 0. The van der Waals surface area contributed by atoms with Crippen molar-refractivity contribution in [3.63, 3.8) is 0 Å². The van der Waals surface area contributed by atoms with Gasteiger partial charge < -0.3 is 10.0 Å². The highest BCUT2D eigenvalue weighted by atomic mass is 32.1. The summed E-state index contributed by atoms with van der Waals surface area (Å²) in [6, 6.07) is 2.89. The van der Waals surface area contributed by atoms with E-state index in [0.717, 1.165) is 37.4 Å². The second-order valence-corrected chi connectivity index (χ2v) is 5.67. The Morgan fingerprint density at radius 2 is 2.05 bits per heavy atom. The van der Waals surface area contributed by atoms with Crippen molar-refractivity contribution in [3.8, 4) is 0 Å². The lowest BCUT2D eigenvalue weighted by Gasteiger charge is -2.34. The molecule has 0 saturated carbocycles. The van der Waals surface area contributed by atoms with Crippen LogP contribution in [-0.2, 0) is 0 Å². The fourth-order valence-electron chi connectivity index (χ4n) is 2.17. The molecule has 0 aromatic carbocycles. The molecule has 1 aromatic heterocycles. The molecule has 7 nitrogen and oxygen atoms in total. The van der Waals surface area contributed by atoms with E-state index in [9.17, 15) is 14.9 Å². The van der Waals surface area contributed by atoms with Crippen molar-refractivity contribution in [2.75, 3.05) is 39.3 Å². The average molecular weight is 299 g/mol. The summed E-state index contributed by atoms with van der Waals surface area (Å²) < 4.78 is 0. The normalized spacial score (nSPS) is 16.4. The van der Waals surface area contributed by atoms with E-state index in [1.165, 1.54) is 12.1 Å². The number of thiophene rings is 1. The zero-order valence-corrected chi connectivity index (χ0v) is 11.8. The maximum absolute atomic E-state index is 12.2. The minimum Gasteiger partial charge on any atom is -0.396 e. The lowest BCUT2D eigenvalue weighted by molar-refractivity contribution is -0.380. The molecule has 2 heterocycles. The Balaban J connectivity index is 1.89. The van der Waals surface area contributed by atoms with Crippen LogP contribution in [0.3, 0.4) is 0 Å². The number of rotatable bonds is 5. The average Bonchev–Trinajstić information content (AvgIpc) is 2.95.